The number of hydrogen-bond acceptors (Lipinski definition) is 6. The molecule has 158 valence electrons. The number of piperazine rings is 1. The molecule has 0 spiro atoms. The minimum atomic E-state index is -0.175. The molecule has 1 aromatic heterocycles. The Bertz CT molecular complexity index is 787. The van der Waals surface area contributed by atoms with Crippen molar-refractivity contribution in [3.63, 3.8) is 0 Å². The van der Waals surface area contributed by atoms with Gasteiger partial charge in [-0.25, -0.2) is 0 Å². The Labute approximate surface area is 176 Å². The fourth-order valence-electron chi connectivity index (χ4n) is 3.28. The molecular formula is C20H29ClN6O2. The van der Waals surface area contributed by atoms with Crippen LogP contribution in [0.3, 0.4) is 0 Å². The largest absolute Gasteiger partial charge is 0.371 e. The van der Waals surface area contributed by atoms with Crippen LogP contribution in [0.15, 0.2) is 33.8 Å². The zero-order valence-electron chi connectivity index (χ0n) is 17.3. The number of halogens is 1. The molecule has 2 heterocycles. The third-order valence-corrected chi connectivity index (χ3v) is 5.12. The number of ether oxygens (including phenoxy) is 1. The van der Waals surface area contributed by atoms with Gasteiger partial charge in [-0.2, -0.15) is 4.98 Å². The number of benzene rings is 1. The highest BCUT2D eigenvalue weighted by atomic mass is 35.5. The lowest BCUT2D eigenvalue weighted by Gasteiger charge is -2.36. The second-order valence-corrected chi connectivity index (χ2v) is 7.37. The van der Waals surface area contributed by atoms with E-state index in [2.05, 4.69) is 42.4 Å². The average molecular weight is 421 g/mol. The molecule has 0 radical (unpaired) electrons. The molecule has 1 unspecified atom stereocenters. The second-order valence-electron chi connectivity index (χ2n) is 6.93. The van der Waals surface area contributed by atoms with Crippen LogP contribution in [0.25, 0.3) is 0 Å². The van der Waals surface area contributed by atoms with E-state index in [-0.39, 0.29) is 6.10 Å². The number of nitrogens with zero attached hydrogens (tertiary/aromatic N) is 5. The van der Waals surface area contributed by atoms with Crippen molar-refractivity contribution < 1.29 is 9.26 Å². The molecule has 1 aliphatic rings. The van der Waals surface area contributed by atoms with Crippen LogP contribution in [0, 0.1) is 0 Å². The first-order valence-corrected chi connectivity index (χ1v) is 10.3. The maximum atomic E-state index is 5.97. The van der Waals surface area contributed by atoms with E-state index in [1.165, 1.54) is 5.56 Å². The standard InChI is InChI=1S/C20H29ClN6O2/c1-4-28-15(2)19-24-18(29-25-19)13-23-20(22-3)27-11-9-26(10-12-27)14-16-5-7-17(21)8-6-16/h5-8,15H,4,9-14H2,1-3H3,(H,22,23). The molecule has 8 nitrogen and oxygen atoms in total. The number of aromatic nitrogens is 2. The Morgan fingerprint density at radius 1 is 1.28 bits per heavy atom. The van der Waals surface area contributed by atoms with Crippen LogP contribution in [-0.2, 0) is 17.8 Å². The van der Waals surface area contributed by atoms with E-state index in [4.69, 9.17) is 20.9 Å². The minimum absolute atomic E-state index is 0.175. The summed E-state index contributed by atoms with van der Waals surface area (Å²) in [5, 5.41) is 8.08. The highest BCUT2D eigenvalue weighted by Crippen LogP contribution is 2.14. The van der Waals surface area contributed by atoms with Gasteiger partial charge in [0.1, 0.15) is 6.10 Å². The van der Waals surface area contributed by atoms with E-state index in [0.717, 1.165) is 43.7 Å². The summed E-state index contributed by atoms with van der Waals surface area (Å²) in [6.07, 6.45) is -0.175. The van der Waals surface area contributed by atoms with Crippen LogP contribution >= 0.6 is 11.6 Å². The van der Waals surface area contributed by atoms with E-state index in [1.54, 1.807) is 7.05 Å². The normalized spacial score (nSPS) is 16.8. The van der Waals surface area contributed by atoms with Crippen molar-refractivity contribution in [1.82, 2.24) is 25.3 Å². The van der Waals surface area contributed by atoms with Crippen LogP contribution in [-0.4, -0.2) is 65.7 Å². The highest BCUT2D eigenvalue weighted by molar-refractivity contribution is 6.30. The monoisotopic (exact) mass is 420 g/mol. The van der Waals surface area contributed by atoms with E-state index < -0.39 is 0 Å². The first kappa shape index (κ1) is 21.5. The molecular weight excluding hydrogens is 392 g/mol. The molecule has 0 amide bonds. The Balaban J connectivity index is 1.46. The first-order valence-electron chi connectivity index (χ1n) is 9.95. The van der Waals surface area contributed by atoms with Gasteiger partial charge in [-0.3, -0.25) is 9.89 Å². The van der Waals surface area contributed by atoms with Crippen molar-refractivity contribution in [2.75, 3.05) is 39.8 Å². The zero-order chi connectivity index (χ0) is 20.6. The third-order valence-electron chi connectivity index (χ3n) is 4.86. The lowest BCUT2D eigenvalue weighted by molar-refractivity contribution is 0.0683. The summed E-state index contributed by atoms with van der Waals surface area (Å²) in [5.41, 5.74) is 1.28. The predicted molar refractivity (Wildman–Crippen MR) is 113 cm³/mol. The van der Waals surface area contributed by atoms with Gasteiger partial charge in [0, 0.05) is 51.4 Å². The van der Waals surface area contributed by atoms with Gasteiger partial charge in [-0.15, -0.1) is 0 Å². The van der Waals surface area contributed by atoms with Crippen LogP contribution in [0.2, 0.25) is 5.02 Å². The van der Waals surface area contributed by atoms with Crippen LogP contribution in [0.4, 0.5) is 0 Å². The summed E-state index contributed by atoms with van der Waals surface area (Å²) >= 11 is 5.97. The number of hydrogen-bond donors (Lipinski definition) is 1. The number of rotatable bonds is 7. The molecule has 1 aliphatic heterocycles. The molecule has 29 heavy (non-hydrogen) atoms. The topological polar surface area (TPSA) is 79.0 Å². The van der Waals surface area contributed by atoms with Gasteiger partial charge in [-0.1, -0.05) is 28.9 Å². The molecule has 0 saturated carbocycles. The average Bonchev–Trinajstić information content (AvgIpc) is 3.21. The summed E-state index contributed by atoms with van der Waals surface area (Å²) in [4.78, 5) is 13.5. The summed E-state index contributed by atoms with van der Waals surface area (Å²) in [6, 6.07) is 8.05. The summed E-state index contributed by atoms with van der Waals surface area (Å²) in [7, 11) is 1.79. The van der Waals surface area contributed by atoms with Crippen molar-refractivity contribution in [2.45, 2.75) is 33.0 Å². The van der Waals surface area contributed by atoms with Crippen molar-refractivity contribution in [3.05, 3.63) is 46.6 Å². The molecule has 1 saturated heterocycles. The van der Waals surface area contributed by atoms with E-state index >= 15 is 0 Å². The van der Waals surface area contributed by atoms with E-state index in [1.807, 2.05) is 26.0 Å². The molecule has 1 N–H and O–H groups in total. The lowest BCUT2D eigenvalue weighted by Crippen LogP contribution is -2.52. The third kappa shape index (κ3) is 6.16. The smallest absolute Gasteiger partial charge is 0.246 e. The lowest BCUT2D eigenvalue weighted by atomic mass is 10.2. The van der Waals surface area contributed by atoms with Gasteiger partial charge in [-0.05, 0) is 31.5 Å². The Morgan fingerprint density at radius 3 is 2.66 bits per heavy atom. The van der Waals surface area contributed by atoms with Gasteiger partial charge in [0.15, 0.2) is 11.8 Å². The molecule has 3 rings (SSSR count). The second kappa shape index (κ2) is 10.6. The minimum Gasteiger partial charge on any atom is -0.371 e. The Morgan fingerprint density at radius 2 is 2.00 bits per heavy atom. The quantitative estimate of drug-likeness (QED) is 0.545. The van der Waals surface area contributed by atoms with Gasteiger partial charge in [0.05, 0.1) is 6.54 Å². The summed E-state index contributed by atoms with van der Waals surface area (Å²) in [5.74, 6) is 1.93. The Hall–Kier alpha value is -2.16. The molecule has 1 fully saturated rings. The highest BCUT2D eigenvalue weighted by Gasteiger charge is 2.20. The van der Waals surface area contributed by atoms with Gasteiger partial charge in [0.2, 0.25) is 5.89 Å². The van der Waals surface area contributed by atoms with E-state index in [0.29, 0.717) is 24.9 Å². The van der Waals surface area contributed by atoms with Crippen molar-refractivity contribution in [3.8, 4) is 0 Å². The van der Waals surface area contributed by atoms with E-state index in [9.17, 15) is 0 Å². The maximum absolute atomic E-state index is 5.97. The Kier molecular flexibility index (Phi) is 7.85. The number of nitrogens with one attached hydrogen (secondary N) is 1. The fraction of sp³-hybridized carbons (Fsp3) is 0.550. The molecule has 0 bridgehead atoms. The van der Waals surface area contributed by atoms with Crippen LogP contribution < -0.4 is 5.32 Å². The van der Waals surface area contributed by atoms with Crippen LogP contribution in [0.1, 0.15) is 37.2 Å². The predicted octanol–water partition coefficient (Wildman–Crippen LogP) is 2.71. The molecule has 1 atom stereocenters. The maximum Gasteiger partial charge on any atom is 0.246 e. The van der Waals surface area contributed by atoms with Gasteiger partial charge < -0.3 is 19.5 Å². The van der Waals surface area contributed by atoms with Crippen molar-refractivity contribution >= 4 is 17.6 Å². The number of guanidine groups is 1. The molecule has 2 aromatic rings. The van der Waals surface area contributed by atoms with Crippen molar-refractivity contribution in [1.29, 1.82) is 0 Å². The van der Waals surface area contributed by atoms with Crippen molar-refractivity contribution in [2.24, 2.45) is 4.99 Å². The summed E-state index contributed by atoms with van der Waals surface area (Å²) in [6.45, 7) is 9.59. The van der Waals surface area contributed by atoms with Gasteiger partial charge in [0.25, 0.3) is 0 Å². The fourth-order valence-corrected chi connectivity index (χ4v) is 3.41. The van der Waals surface area contributed by atoms with Crippen LogP contribution in [0.5, 0.6) is 0 Å². The summed E-state index contributed by atoms with van der Waals surface area (Å²) < 4.78 is 10.8. The first-order chi connectivity index (χ1) is 14.1. The molecule has 9 heteroatoms. The van der Waals surface area contributed by atoms with Gasteiger partial charge >= 0.3 is 0 Å². The zero-order valence-corrected chi connectivity index (χ0v) is 18.0. The molecule has 0 aliphatic carbocycles. The number of aliphatic imine (C=N–C) groups is 1. The SMILES string of the molecule is CCOC(C)c1noc(CNC(=NC)N2CCN(Cc3ccc(Cl)cc3)CC2)n1. The molecule has 1 aromatic carbocycles.